The third-order valence-corrected chi connectivity index (χ3v) is 0.842. The summed E-state index contributed by atoms with van der Waals surface area (Å²) in [5.41, 5.74) is 5.12. The Labute approximate surface area is 73.4 Å². The molecule has 12 heavy (non-hydrogen) atoms. The largest absolute Gasteiger partial charge is 0.402 e. The van der Waals surface area contributed by atoms with Crippen molar-refractivity contribution in [3.63, 3.8) is 0 Å². The first-order valence-electron chi connectivity index (χ1n) is 3.76. The van der Waals surface area contributed by atoms with E-state index in [1.165, 1.54) is 18.1 Å². The van der Waals surface area contributed by atoms with E-state index >= 15 is 0 Å². The molecule has 1 amide bonds. The predicted molar refractivity (Wildman–Crippen MR) is 49.4 cm³/mol. The van der Waals surface area contributed by atoms with Gasteiger partial charge in [-0.15, -0.1) is 0 Å². The van der Waals surface area contributed by atoms with Gasteiger partial charge in [0, 0.05) is 20.2 Å². The maximum atomic E-state index is 10.4. The fourth-order valence-corrected chi connectivity index (χ4v) is 0.428. The summed E-state index contributed by atoms with van der Waals surface area (Å²) in [6, 6.07) is 0. The maximum Gasteiger partial charge on any atom is 0.222 e. The summed E-state index contributed by atoms with van der Waals surface area (Å²) >= 11 is 0. The van der Waals surface area contributed by atoms with E-state index in [0.29, 0.717) is 5.82 Å². The molecule has 0 saturated carbocycles. The number of nitrogens with one attached hydrogen (secondary N) is 1. The van der Waals surface area contributed by atoms with Gasteiger partial charge in [-0.25, -0.2) is 5.84 Å². The van der Waals surface area contributed by atoms with Crippen LogP contribution in [0, 0.1) is 0 Å². The van der Waals surface area contributed by atoms with Crippen LogP contribution < -0.4 is 16.9 Å². The highest BCUT2D eigenvalue weighted by Crippen LogP contribution is 1.85. The highest BCUT2D eigenvalue weighted by molar-refractivity contribution is 5.74. The molecule has 0 unspecified atom stereocenters. The summed E-state index contributed by atoms with van der Waals surface area (Å²) in [7, 11) is 1.58. The Kier molecular flexibility index (Phi) is 8.77. The van der Waals surface area contributed by atoms with Gasteiger partial charge in [-0.2, -0.15) is 0 Å². The van der Waals surface area contributed by atoms with E-state index in [4.69, 9.17) is 11.6 Å². The minimum atomic E-state index is -0.200. The topological polar surface area (TPSA) is 84.4 Å². The molecule has 0 aromatic heterocycles. The Morgan fingerprint density at radius 1 is 1.50 bits per heavy atom. The van der Waals surface area contributed by atoms with Crippen LogP contribution in [0.15, 0.2) is 12.0 Å². The Morgan fingerprint density at radius 2 is 1.92 bits per heavy atom. The van der Waals surface area contributed by atoms with Crippen LogP contribution in [0.25, 0.3) is 0 Å². The molecule has 0 heterocycles. The van der Waals surface area contributed by atoms with Gasteiger partial charge >= 0.3 is 0 Å². The predicted octanol–water partition coefficient (Wildman–Crippen LogP) is -0.288. The molecular weight excluding hydrogens is 156 g/mol. The van der Waals surface area contributed by atoms with E-state index < -0.39 is 0 Å². The number of carbonyl (C=O) groups is 1. The van der Waals surface area contributed by atoms with Crippen LogP contribution in [0.5, 0.6) is 0 Å². The Bertz CT molecular complexity index is 153. The molecule has 0 radical (unpaired) electrons. The zero-order valence-corrected chi connectivity index (χ0v) is 8.09. The Morgan fingerprint density at radius 3 is 2.00 bits per heavy atom. The van der Waals surface area contributed by atoms with Crippen LogP contribution >= 0.6 is 0 Å². The van der Waals surface area contributed by atoms with Crippen molar-refractivity contribution in [3.8, 4) is 0 Å². The molecule has 0 spiro atoms. The molecule has 72 valence electrons. The van der Waals surface area contributed by atoms with E-state index in [9.17, 15) is 4.79 Å². The summed E-state index contributed by atoms with van der Waals surface area (Å²) < 4.78 is 0. The van der Waals surface area contributed by atoms with Crippen LogP contribution in [-0.4, -0.2) is 18.0 Å². The SMILES string of the molecule is CC.CC(=O)N/C(=C/N)N(C)N. The lowest BCUT2D eigenvalue weighted by molar-refractivity contribution is -0.118. The monoisotopic (exact) mass is 174 g/mol. The molecule has 0 aliphatic rings. The van der Waals surface area contributed by atoms with Gasteiger partial charge in [0.05, 0.1) is 0 Å². The van der Waals surface area contributed by atoms with Gasteiger partial charge in [0.2, 0.25) is 5.91 Å². The first-order valence-corrected chi connectivity index (χ1v) is 3.76. The van der Waals surface area contributed by atoms with Gasteiger partial charge in [-0.1, -0.05) is 13.8 Å². The van der Waals surface area contributed by atoms with Crippen molar-refractivity contribution < 1.29 is 4.79 Å². The second-order valence-electron chi connectivity index (χ2n) is 1.84. The number of nitrogens with two attached hydrogens (primary N) is 2. The normalized spacial score (nSPS) is 9.58. The summed E-state index contributed by atoms with van der Waals surface area (Å²) in [6.45, 7) is 5.38. The standard InChI is InChI=1S/C5H12N4O.C2H6/c1-4(10)8-5(3-6)9(2)7;1-2/h3H,6-7H2,1-2H3,(H,8,10);1-2H3/b5-3-;. The zero-order valence-electron chi connectivity index (χ0n) is 8.09. The van der Waals surface area contributed by atoms with Crippen LogP contribution in [0.3, 0.4) is 0 Å². The lowest BCUT2D eigenvalue weighted by Gasteiger charge is -2.15. The van der Waals surface area contributed by atoms with Crippen molar-refractivity contribution in [2.75, 3.05) is 7.05 Å². The Hall–Kier alpha value is -1.23. The number of nitrogens with zero attached hydrogens (tertiary/aromatic N) is 1. The quantitative estimate of drug-likeness (QED) is 0.397. The molecule has 5 heteroatoms. The second-order valence-corrected chi connectivity index (χ2v) is 1.84. The molecule has 5 nitrogen and oxygen atoms in total. The smallest absolute Gasteiger partial charge is 0.222 e. The van der Waals surface area contributed by atoms with Gasteiger partial charge in [0.1, 0.15) is 5.82 Å². The zero-order chi connectivity index (χ0) is 10.1. The highest BCUT2D eigenvalue weighted by Gasteiger charge is 1.99. The van der Waals surface area contributed by atoms with Crippen molar-refractivity contribution >= 4 is 5.91 Å². The van der Waals surface area contributed by atoms with Crippen LogP contribution in [0.2, 0.25) is 0 Å². The molecule has 0 bridgehead atoms. The van der Waals surface area contributed by atoms with E-state index in [1.807, 2.05) is 13.8 Å². The molecule has 0 aliphatic carbocycles. The van der Waals surface area contributed by atoms with Gasteiger partial charge in [-0.3, -0.25) is 9.80 Å². The minimum absolute atomic E-state index is 0.200. The summed E-state index contributed by atoms with van der Waals surface area (Å²) in [5, 5.41) is 3.65. The van der Waals surface area contributed by atoms with Gasteiger partial charge in [0.15, 0.2) is 0 Å². The van der Waals surface area contributed by atoms with Gasteiger partial charge in [0.25, 0.3) is 0 Å². The molecular formula is C7H18N4O. The van der Waals surface area contributed by atoms with Crippen molar-refractivity contribution in [2.24, 2.45) is 11.6 Å². The summed E-state index contributed by atoms with van der Waals surface area (Å²) in [5.74, 6) is 5.45. The molecule has 0 aromatic carbocycles. The van der Waals surface area contributed by atoms with Crippen molar-refractivity contribution in [1.82, 2.24) is 10.3 Å². The van der Waals surface area contributed by atoms with Crippen molar-refractivity contribution in [2.45, 2.75) is 20.8 Å². The molecule has 0 fully saturated rings. The summed E-state index contributed by atoms with van der Waals surface area (Å²) in [6.07, 6.45) is 1.22. The molecule has 0 aromatic rings. The second kappa shape index (κ2) is 7.87. The molecule has 0 saturated heterocycles. The lowest BCUT2D eigenvalue weighted by Crippen LogP contribution is -2.36. The van der Waals surface area contributed by atoms with Crippen LogP contribution in [-0.2, 0) is 4.79 Å². The number of hydrogen-bond acceptors (Lipinski definition) is 4. The molecule has 0 aliphatic heterocycles. The maximum absolute atomic E-state index is 10.4. The van der Waals surface area contributed by atoms with Crippen molar-refractivity contribution in [1.29, 1.82) is 0 Å². The van der Waals surface area contributed by atoms with Crippen LogP contribution in [0.4, 0.5) is 0 Å². The van der Waals surface area contributed by atoms with E-state index in [1.54, 1.807) is 7.05 Å². The first-order chi connectivity index (χ1) is 5.57. The van der Waals surface area contributed by atoms with Gasteiger partial charge < -0.3 is 11.1 Å². The number of rotatable bonds is 2. The minimum Gasteiger partial charge on any atom is -0.402 e. The third kappa shape index (κ3) is 6.88. The number of hydrogen-bond donors (Lipinski definition) is 3. The average molecular weight is 174 g/mol. The lowest BCUT2D eigenvalue weighted by atomic mass is 10.6. The fourth-order valence-electron chi connectivity index (χ4n) is 0.428. The van der Waals surface area contributed by atoms with E-state index in [-0.39, 0.29) is 5.91 Å². The fraction of sp³-hybridized carbons (Fsp3) is 0.571. The number of amides is 1. The first kappa shape index (κ1) is 13.4. The number of carbonyl (C=O) groups excluding carboxylic acids is 1. The van der Waals surface area contributed by atoms with E-state index in [2.05, 4.69) is 5.32 Å². The summed E-state index contributed by atoms with van der Waals surface area (Å²) in [4.78, 5) is 10.4. The average Bonchev–Trinajstić information content (AvgIpc) is 2.03. The van der Waals surface area contributed by atoms with Crippen molar-refractivity contribution in [3.05, 3.63) is 12.0 Å². The molecule has 0 rings (SSSR count). The third-order valence-electron chi connectivity index (χ3n) is 0.842. The molecule has 0 atom stereocenters. The highest BCUT2D eigenvalue weighted by atomic mass is 16.1. The number of hydrazine groups is 1. The van der Waals surface area contributed by atoms with Gasteiger partial charge in [-0.05, 0) is 0 Å². The Balaban J connectivity index is 0. The molecule has 5 N–H and O–H groups in total. The van der Waals surface area contributed by atoms with E-state index in [0.717, 1.165) is 0 Å². The van der Waals surface area contributed by atoms with Crippen LogP contribution in [0.1, 0.15) is 20.8 Å².